The predicted molar refractivity (Wildman–Crippen MR) is 497 cm³/mol. The minimum absolute atomic E-state index is 0.0231. The Labute approximate surface area is 813 Å². The van der Waals surface area contributed by atoms with Crippen LogP contribution in [0.4, 0.5) is 0 Å². The third kappa shape index (κ3) is 42.8. The van der Waals surface area contributed by atoms with Crippen molar-refractivity contribution in [2.24, 2.45) is 28.9 Å². The molecule has 0 aliphatic heterocycles. The number of rotatable bonds is 65. The molecule has 17 amide bonds. The Bertz CT molecular complexity index is 4960. The Kier molecular flexibility index (Phi) is 50.6. The van der Waals surface area contributed by atoms with Crippen LogP contribution in [0.3, 0.4) is 0 Å². The Morgan fingerprint density at radius 1 is 0.394 bits per heavy atom. The first kappa shape index (κ1) is 119. The van der Waals surface area contributed by atoms with Crippen LogP contribution in [0.1, 0.15) is 147 Å². The number of unbranched alkanes of at least 4 members (excludes halogenated alkanes) is 2. The Balaban J connectivity index is 1.59. The highest BCUT2D eigenvalue weighted by molar-refractivity contribution is 6.02. The van der Waals surface area contributed by atoms with Gasteiger partial charge in [-0.1, -0.05) is 68.4 Å². The van der Waals surface area contributed by atoms with E-state index in [1.165, 1.54) is 87.0 Å². The summed E-state index contributed by atoms with van der Waals surface area (Å²) in [5, 5.41) is 140. The zero-order valence-corrected chi connectivity index (χ0v) is 78.9. The van der Waals surface area contributed by atoms with Gasteiger partial charge in [-0.3, -0.25) is 95.9 Å². The van der Waals surface area contributed by atoms with Gasteiger partial charge in [0.2, 0.25) is 100 Å². The topological polar surface area (TPSA) is 886 Å². The minimum Gasteiger partial charge on any atom is -0.508 e. The third-order valence-electron chi connectivity index (χ3n) is 21.5. The lowest BCUT2D eigenvalue weighted by Gasteiger charge is -2.29. The lowest BCUT2D eigenvalue weighted by molar-refractivity contribution is -0.144. The molecule has 0 unspecified atom stereocenters. The minimum atomic E-state index is -2.27. The maximum Gasteiger partial charge on any atom is 0.326 e. The number of hydrogen-bond donors (Lipinski definition) is 31. The van der Waals surface area contributed by atoms with E-state index < -0.39 is 316 Å². The monoisotopic (exact) mass is 2000 g/mol. The largest absolute Gasteiger partial charge is 0.508 e. The maximum absolute atomic E-state index is 14.8. The van der Waals surface area contributed by atoms with Crippen LogP contribution >= 0.6 is 0 Å². The van der Waals surface area contributed by atoms with Crippen LogP contribution in [0.2, 0.25) is 0 Å². The number of primary amides is 1. The lowest BCUT2D eigenvalue weighted by Crippen LogP contribution is -2.63. The molecule has 35 N–H and O–H groups in total. The number of aromatic hydroxyl groups is 2. The molecule has 1 aromatic heterocycles. The molecule has 53 nitrogen and oxygen atoms in total. The smallest absolute Gasteiger partial charge is 0.326 e. The molecular weight excluding hydrogens is 1870 g/mol. The normalized spacial score (nSPS) is 14.8. The number of carboxylic acid groups (broad SMARTS) is 4. The zero-order valence-electron chi connectivity index (χ0n) is 78.9. The van der Waals surface area contributed by atoms with E-state index in [-0.39, 0.29) is 80.7 Å². The van der Waals surface area contributed by atoms with Crippen LogP contribution in [0.25, 0.3) is 0 Å². The molecule has 0 fully saturated rings. The van der Waals surface area contributed by atoms with Crippen molar-refractivity contribution in [1.29, 1.82) is 0 Å². The number of benzene rings is 3. The Hall–Kier alpha value is -14.9. The fourth-order valence-electron chi connectivity index (χ4n) is 13.7. The SMILES string of the molecule is CC(C)C[C@H](NC(=O)[C@H](Cc1ccc(O)cc1)NC(=O)[C@H](CCCCN)NC(=O)[C@H](CO)NC(=O)[C@H](Cc1ccc(O)cc1)NC(=O)[C@H](CC(=O)O)NC(=O)[C@H](CO)NC(=O)[C@@H](NC(=O)[C@H](Cc1ccccc1)NC(=O)[C@@H](NC(=O)CNC(=O)[C@H](CCC(N)=O)NC(=O)C(C)(C)NC(=O)[C@@H](N)Cc1c[nH]cn1)[C@@H](C)O)[C@@H](C)O)C(=O)N[C@@H](CC(=O)O)C(=O)N[C@@H](CCC(=O)O)C(=O)N[C@@H](CCCCN)C(=O)O. The summed E-state index contributed by atoms with van der Waals surface area (Å²) in [7, 11) is 0. The number of nitrogens with one attached hydrogen (secondary N) is 17. The maximum atomic E-state index is 14.8. The van der Waals surface area contributed by atoms with E-state index in [2.05, 4.69) is 89.7 Å². The second kappa shape index (κ2) is 60.1. The number of carbonyl (C=O) groups excluding carboxylic acids is 17. The van der Waals surface area contributed by atoms with Gasteiger partial charge in [-0.25, -0.2) is 9.78 Å². The van der Waals surface area contributed by atoms with E-state index in [1.807, 2.05) is 5.32 Å². The molecule has 0 bridgehead atoms. The van der Waals surface area contributed by atoms with E-state index in [4.69, 9.17) is 22.9 Å². The summed E-state index contributed by atoms with van der Waals surface area (Å²) < 4.78 is 0. The van der Waals surface area contributed by atoms with Crippen molar-refractivity contribution in [2.45, 2.75) is 259 Å². The molecule has 782 valence electrons. The fourth-order valence-corrected chi connectivity index (χ4v) is 13.7. The Morgan fingerprint density at radius 2 is 0.761 bits per heavy atom. The number of aliphatic hydroxyl groups excluding tert-OH is 4. The molecule has 0 aliphatic carbocycles. The summed E-state index contributed by atoms with van der Waals surface area (Å²) in [6, 6.07) is -10.2. The molecule has 0 aliphatic rings. The summed E-state index contributed by atoms with van der Waals surface area (Å²) in [5.74, 6) is -28.1. The molecule has 142 heavy (non-hydrogen) atoms. The molecule has 1 heterocycles. The van der Waals surface area contributed by atoms with E-state index in [1.54, 1.807) is 19.9 Å². The average Bonchev–Trinajstić information content (AvgIpc) is 1.85. The fraction of sp³-hybridized carbons (Fsp3) is 0.528. The number of amides is 17. The van der Waals surface area contributed by atoms with Crippen LogP contribution in [-0.2, 0) is 126 Å². The molecule has 3 aromatic carbocycles. The summed E-state index contributed by atoms with van der Waals surface area (Å²) in [5.41, 5.74) is 22.1. The van der Waals surface area contributed by atoms with Gasteiger partial charge in [-0.05, 0) is 145 Å². The number of aliphatic carboxylic acids is 4. The van der Waals surface area contributed by atoms with Gasteiger partial charge < -0.3 is 164 Å². The van der Waals surface area contributed by atoms with Crippen molar-refractivity contribution in [2.75, 3.05) is 32.8 Å². The number of nitrogens with zero attached hydrogens (tertiary/aromatic N) is 1. The summed E-state index contributed by atoms with van der Waals surface area (Å²) in [4.78, 5) is 293. The number of phenolic OH excluding ortho intramolecular Hbond substituents is 2. The second-order valence-corrected chi connectivity index (χ2v) is 34.4. The van der Waals surface area contributed by atoms with Gasteiger partial charge in [0.15, 0.2) is 0 Å². The van der Waals surface area contributed by atoms with E-state index in [0.717, 1.165) is 26.0 Å². The van der Waals surface area contributed by atoms with Crippen molar-refractivity contribution in [3.8, 4) is 11.5 Å². The first-order valence-corrected chi connectivity index (χ1v) is 45.2. The predicted octanol–water partition coefficient (Wildman–Crippen LogP) is -9.57. The van der Waals surface area contributed by atoms with Crippen molar-refractivity contribution in [1.82, 2.24) is 95.0 Å². The first-order valence-electron chi connectivity index (χ1n) is 45.2. The van der Waals surface area contributed by atoms with Crippen LogP contribution in [0.15, 0.2) is 91.4 Å². The van der Waals surface area contributed by atoms with Gasteiger partial charge in [0, 0.05) is 44.7 Å². The number of carbonyl (C=O) groups is 21. The van der Waals surface area contributed by atoms with Crippen molar-refractivity contribution in [3.05, 3.63) is 114 Å². The highest BCUT2D eigenvalue weighted by Gasteiger charge is 2.42. The number of H-pyrrole nitrogens is 1. The van der Waals surface area contributed by atoms with Crippen LogP contribution in [-0.4, -0.2) is 327 Å². The zero-order chi connectivity index (χ0) is 106. The van der Waals surface area contributed by atoms with Crippen LogP contribution < -0.4 is 108 Å². The standard InChI is InChI=1S/C89H130N22O31/c1-44(2)32-58(77(130)103-62(37-69(122)123)80(133)98-56(27-29-68(120)121)76(129)99-57(87(140)141)17-11-13-31-91)100-78(131)59(34-48-18-22-51(116)23-19-48)101-75(128)54(16-10-12-30-90)97-83(136)64(41-112)106-79(132)60(35-49-20-24-52(117)25-21-49)102-81(134)63(38-70(124)125)104-84(137)65(42-113)107-86(139)72(46(4)115)110-82(135)61(33-47-14-8-7-9-15-47)105-85(138)71(45(3)114)109-67(119)40-95-74(127)55(26-28-66(93)118)108-88(142)89(5,6)111-73(126)53(92)36-50-39-94-43-96-50/h7-9,14-15,18-25,39,43-46,53-65,71-72,112-117H,10-13,16-17,26-38,40-42,90-92H2,1-6H3,(H2,93,118)(H,94,96)(H,95,127)(H,97,136)(H,98,133)(H,99,129)(H,100,131)(H,101,128)(H,102,134)(H,103,130)(H,104,137)(H,105,138)(H,106,132)(H,107,139)(H,108,142)(H,109,119)(H,110,135)(H,111,126)(H,120,121)(H,122,123)(H,124,125)(H,140,141)/t45-,46-,53+,54+,55+,56+,57+,58+,59+,60+,61+,62+,63+,64+,65+,71+,72+/m1/s1. The molecule has 0 radical (unpaired) electrons. The molecule has 0 spiro atoms. The van der Waals surface area contributed by atoms with Gasteiger partial charge in [-0.15, -0.1) is 0 Å². The van der Waals surface area contributed by atoms with Crippen LogP contribution in [0, 0.1) is 5.92 Å². The molecule has 0 saturated heterocycles. The number of aromatic nitrogens is 2. The summed E-state index contributed by atoms with van der Waals surface area (Å²) in [6.07, 6.45) is -7.08. The molecular formula is C89H130N22O31. The average molecular weight is 2000 g/mol. The van der Waals surface area contributed by atoms with Crippen molar-refractivity contribution < 1.29 is 152 Å². The highest BCUT2D eigenvalue weighted by Crippen LogP contribution is 2.19. The van der Waals surface area contributed by atoms with Crippen molar-refractivity contribution >= 4 is 124 Å². The number of carboxylic acids is 4. The summed E-state index contributed by atoms with van der Waals surface area (Å²) >= 11 is 0. The second-order valence-electron chi connectivity index (χ2n) is 34.4. The van der Waals surface area contributed by atoms with E-state index in [0.29, 0.717) is 17.7 Å². The number of hydrogen-bond acceptors (Lipinski definition) is 31. The number of nitrogens with two attached hydrogens (primary N) is 4. The molecule has 4 aromatic rings. The van der Waals surface area contributed by atoms with Gasteiger partial charge in [-0.2, -0.15) is 0 Å². The molecule has 53 heteroatoms. The third-order valence-corrected chi connectivity index (χ3v) is 21.5. The number of phenols is 2. The first-order chi connectivity index (χ1) is 66.9. The van der Waals surface area contributed by atoms with Gasteiger partial charge in [0.1, 0.15) is 102 Å². The number of imidazole rings is 1. The van der Waals surface area contributed by atoms with Crippen LogP contribution in [0.5, 0.6) is 11.5 Å². The van der Waals surface area contributed by atoms with Gasteiger partial charge in [0.05, 0.1) is 62.9 Å². The number of aromatic amines is 1. The van der Waals surface area contributed by atoms with E-state index >= 15 is 0 Å². The van der Waals surface area contributed by atoms with E-state index in [9.17, 15) is 152 Å². The molecule has 4 rings (SSSR count). The molecule has 0 saturated carbocycles. The summed E-state index contributed by atoms with van der Waals surface area (Å²) in [6.45, 7) is 4.36. The van der Waals surface area contributed by atoms with Crippen molar-refractivity contribution in [3.63, 3.8) is 0 Å². The molecule has 17 atom stereocenters. The van der Waals surface area contributed by atoms with Gasteiger partial charge >= 0.3 is 23.9 Å². The lowest BCUT2D eigenvalue weighted by atomic mass is 10.00. The quantitative estimate of drug-likeness (QED) is 0.0183. The van der Waals surface area contributed by atoms with Gasteiger partial charge in [0.25, 0.3) is 0 Å². The number of aliphatic hydroxyl groups is 4. The Morgan fingerprint density at radius 3 is 1.18 bits per heavy atom. The highest BCUT2D eigenvalue weighted by atomic mass is 16.4.